The van der Waals surface area contributed by atoms with E-state index >= 15 is 0 Å². The van der Waals surface area contributed by atoms with Crippen LogP contribution in [-0.2, 0) is 0 Å². The van der Waals surface area contributed by atoms with Crippen LogP contribution in [0.3, 0.4) is 0 Å². The number of amides is 2. The molecule has 7 heteroatoms. The largest absolute Gasteiger partial charge is 0.348 e. The summed E-state index contributed by atoms with van der Waals surface area (Å²) in [5.41, 5.74) is 1.18. The molecule has 0 saturated heterocycles. The zero-order valence-electron chi connectivity index (χ0n) is 17.9. The second-order valence-electron chi connectivity index (χ2n) is 8.54. The number of anilines is 1. The van der Waals surface area contributed by atoms with E-state index in [1.54, 1.807) is 24.3 Å². The van der Waals surface area contributed by atoms with Crippen molar-refractivity contribution in [2.24, 2.45) is 5.41 Å². The number of carbonyl (C=O) groups is 2. The zero-order valence-corrected chi connectivity index (χ0v) is 19.5. The average molecular weight is 436 g/mol. The van der Waals surface area contributed by atoms with Crippen LogP contribution in [0, 0.1) is 12.3 Å². The Hall–Kier alpha value is -1.89. The molecule has 0 fully saturated rings. The summed E-state index contributed by atoms with van der Waals surface area (Å²) in [7, 11) is 4.05. The first-order chi connectivity index (χ1) is 13.5. The predicted octanol–water partition coefficient (Wildman–Crippen LogP) is 5.06. The van der Waals surface area contributed by atoms with Gasteiger partial charge in [0, 0.05) is 6.04 Å². The molecule has 0 radical (unpaired) electrons. The fraction of sp³-hybridized carbons (Fsp3) is 0.455. The van der Waals surface area contributed by atoms with Crippen molar-refractivity contribution in [3.05, 3.63) is 51.4 Å². The number of nitrogens with zero attached hydrogens (tertiary/aromatic N) is 1. The molecule has 2 amide bonds. The van der Waals surface area contributed by atoms with Crippen molar-refractivity contribution in [2.75, 3.05) is 26.0 Å². The third-order valence-corrected chi connectivity index (χ3v) is 6.18. The van der Waals surface area contributed by atoms with E-state index in [9.17, 15) is 9.59 Å². The predicted molar refractivity (Wildman–Crippen MR) is 122 cm³/mol. The van der Waals surface area contributed by atoms with Gasteiger partial charge in [0.25, 0.3) is 11.8 Å². The number of thiophene rings is 1. The van der Waals surface area contributed by atoms with E-state index in [-0.39, 0.29) is 23.3 Å². The minimum Gasteiger partial charge on any atom is -0.348 e. The average Bonchev–Trinajstić information content (AvgIpc) is 2.97. The number of nitrogens with one attached hydrogen (secondary N) is 2. The fourth-order valence-corrected chi connectivity index (χ4v) is 4.12. The van der Waals surface area contributed by atoms with Gasteiger partial charge in [0.05, 0.1) is 20.5 Å². The molecule has 0 aliphatic carbocycles. The molecule has 0 spiro atoms. The van der Waals surface area contributed by atoms with E-state index in [0.29, 0.717) is 20.5 Å². The van der Waals surface area contributed by atoms with E-state index in [0.717, 1.165) is 18.5 Å². The summed E-state index contributed by atoms with van der Waals surface area (Å²) >= 11 is 7.38. The van der Waals surface area contributed by atoms with Crippen LogP contribution < -0.4 is 10.6 Å². The molecular weight excluding hydrogens is 406 g/mol. The molecule has 29 heavy (non-hydrogen) atoms. The van der Waals surface area contributed by atoms with E-state index in [1.807, 2.05) is 27.1 Å². The molecule has 2 aromatic rings. The lowest BCUT2D eigenvalue weighted by Crippen LogP contribution is -2.45. The topological polar surface area (TPSA) is 61.4 Å². The minimum absolute atomic E-state index is 0.0417. The van der Waals surface area contributed by atoms with E-state index in [2.05, 4.69) is 36.3 Å². The van der Waals surface area contributed by atoms with Crippen LogP contribution in [0.5, 0.6) is 0 Å². The lowest BCUT2D eigenvalue weighted by atomic mass is 9.84. The lowest BCUT2D eigenvalue weighted by Gasteiger charge is -2.32. The quantitative estimate of drug-likeness (QED) is 0.639. The monoisotopic (exact) mass is 435 g/mol. The van der Waals surface area contributed by atoms with Crippen molar-refractivity contribution in [1.82, 2.24) is 10.2 Å². The Morgan fingerprint density at radius 2 is 1.83 bits per heavy atom. The summed E-state index contributed by atoms with van der Waals surface area (Å²) in [6.45, 7) is 9.16. The molecule has 158 valence electrons. The van der Waals surface area contributed by atoms with Gasteiger partial charge in [0.2, 0.25) is 0 Å². The third-order valence-electron chi connectivity index (χ3n) is 4.69. The van der Waals surface area contributed by atoms with Crippen LogP contribution in [0.15, 0.2) is 30.3 Å². The van der Waals surface area contributed by atoms with Crippen molar-refractivity contribution in [3.63, 3.8) is 0 Å². The Bertz CT molecular complexity index is 871. The van der Waals surface area contributed by atoms with Crippen LogP contribution in [0.2, 0.25) is 5.02 Å². The Morgan fingerprint density at radius 1 is 1.17 bits per heavy atom. The van der Waals surface area contributed by atoms with Crippen LogP contribution >= 0.6 is 22.9 Å². The summed E-state index contributed by atoms with van der Waals surface area (Å²) in [6, 6.07) is 8.75. The van der Waals surface area contributed by atoms with Gasteiger partial charge in [0.1, 0.15) is 0 Å². The summed E-state index contributed by atoms with van der Waals surface area (Å²) in [5, 5.41) is 7.05. The molecule has 0 bridgehead atoms. The maximum Gasteiger partial charge on any atom is 0.261 e. The second kappa shape index (κ2) is 9.74. The van der Waals surface area contributed by atoms with Crippen molar-refractivity contribution in [1.29, 1.82) is 0 Å². The van der Waals surface area contributed by atoms with Gasteiger partial charge in [-0.25, -0.2) is 0 Å². The molecule has 0 saturated carbocycles. The highest BCUT2D eigenvalue weighted by Gasteiger charge is 2.27. The van der Waals surface area contributed by atoms with E-state index in [1.165, 1.54) is 11.3 Å². The highest BCUT2D eigenvalue weighted by molar-refractivity contribution is 7.18. The van der Waals surface area contributed by atoms with Gasteiger partial charge < -0.3 is 15.5 Å². The molecule has 5 nitrogen and oxygen atoms in total. The SMILES string of the molecule is Cc1cc(NC(=O)c2ccccc2Cl)sc1C(=O)NC(CCN(C)C)C(C)(C)C. The van der Waals surface area contributed by atoms with Gasteiger partial charge in [-0.2, -0.15) is 0 Å². The summed E-state index contributed by atoms with van der Waals surface area (Å²) in [5.74, 6) is -0.396. The first kappa shape index (κ1) is 23.4. The van der Waals surface area contributed by atoms with Crippen molar-refractivity contribution >= 4 is 39.8 Å². The lowest BCUT2D eigenvalue weighted by molar-refractivity contribution is 0.0896. The normalized spacial score (nSPS) is 12.7. The number of hydrogen-bond acceptors (Lipinski definition) is 4. The molecule has 1 aromatic carbocycles. The zero-order chi connectivity index (χ0) is 21.8. The van der Waals surface area contributed by atoms with Crippen molar-refractivity contribution < 1.29 is 9.59 Å². The third kappa shape index (κ3) is 6.56. The Labute approximate surface area is 182 Å². The number of carbonyl (C=O) groups excluding carboxylic acids is 2. The number of aryl methyl sites for hydroxylation is 1. The van der Waals surface area contributed by atoms with Crippen LogP contribution in [0.4, 0.5) is 5.00 Å². The maximum atomic E-state index is 12.9. The van der Waals surface area contributed by atoms with Crippen LogP contribution in [-0.4, -0.2) is 43.4 Å². The van der Waals surface area contributed by atoms with Crippen LogP contribution in [0.1, 0.15) is 52.8 Å². The fourth-order valence-electron chi connectivity index (χ4n) is 2.93. The smallest absolute Gasteiger partial charge is 0.261 e. The molecule has 0 aliphatic heterocycles. The molecular formula is C22H30ClN3O2S. The van der Waals surface area contributed by atoms with Gasteiger partial charge in [-0.05, 0) is 63.2 Å². The number of rotatable bonds is 7. The first-order valence-corrected chi connectivity index (χ1v) is 10.8. The van der Waals surface area contributed by atoms with Gasteiger partial charge in [-0.1, -0.05) is 44.5 Å². The molecule has 1 aromatic heterocycles. The summed E-state index contributed by atoms with van der Waals surface area (Å²) in [4.78, 5) is 28.2. The Kier molecular flexibility index (Phi) is 7.86. The second-order valence-corrected chi connectivity index (χ2v) is 10.0. The Morgan fingerprint density at radius 3 is 2.41 bits per heavy atom. The van der Waals surface area contributed by atoms with Gasteiger partial charge in [-0.3, -0.25) is 9.59 Å². The highest BCUT2D eigenvalue weighted by atomic mass is 35.5. The molecule has 2 N–H and O–H groups in total. The van der Waals surface area contributed by atoms with Gasteiger partial charge >= 0.3 is 0 Å². The first-order valence-electron chi connectivity index (χ1n) is 9.61. The standard InChI is InChI=1S/C22H30ClN3O2S/c1-14-13-18(25-20(27)15-9-7-8-10-16(15)23)29-19(14)21(28)24-17(22(2,3)4)11-12-26(5)6/h7-10,13,17H,11-12H2,1-6H3,(H,24,28)(H,25,27). The van der Waals surface area contributed by atoms with Crippen molar-refractivity contribution in [3.8, 4) is 0 Å². The molecule has 0 aliphatic rings. The summed E-state index contributed by atoms with van der Waals surface area (Å²) in [6.07, 6.45) is 0.864. The van der Waals surface area contributed by atoms with E-state index < -0.39 is 0 Å². The van der Waals surface area contributed by atoms with E-state index in [4.69, 9.17) is 11.6 Å². The van der Waals surface area contributed by atoms with Gasteiger partial charge in [0.15, 0.2) is 0 Å². The number of benzene rings is 1. The highest BCUT2D eigenvalue weighted by Crippen LogP contribution is 2.29. The minimum atomic E-state index is -0.289. The number of halogens is 1. The molecule has 2 rings (SSSR count). The molecule has 1 unspecified atom stereocenters. The van der Waals surface area contributed by atoms with Gasteiger partial charge in [-0.15, -0.1) is 11.3 Å². The van der Waals surface area contributed by atoms with Crippen LogP contribution in [0.25, 0.3) is 0 Å². The number of hydrogen-bond donors (Lipinski definition) is 2. The molecule has 1 heterocycles. The summed E-state index contributed by atoms with van der Waals surface area (Å²) < 4.78 is 0. The van der Waals surface area contributed by atoms with Crippen molar-refractivity contribution in [2.45, 2.75) is 40.2 Å². The molecule has 1 atom stereocenters. The maximum absolute atomic E-state index is 12.9. The Balaban J connectivity index is 2.13.